The van der Waals surface area contributed by atoms with Crippen molar-refractivity contribution in [2.24, 2.45) is 11.1 Å². The van der Waals surface area contributed by atoms with Gasteiger partial charge in [-0.1, -0.05) is 35.3 Å². The number of rotatable bonds is 10. The summed E-state index contributed by atoms with van der Waals surface area (Å²) < 4.78 is 40.7. The van der Waals surface area contributed by atoms with Crippen LogP contribution in [0.5, 0.6) is 0 Å². The topological polar surface area (TPSA) is 162 Å². The van der Waals surface area contributed by atoms with Crippen molar-refractivity contribution in [3.8, 4) is 5.69 Å². The second-order valence-corrected chi connectivity index (χ2v) is 10.3. The minimum atomic E-state index is -5.03. The van der Waals surface area contributed by atoms with Gasteiger partial charge in [-0.3, -0.25) is 15.1 Å². The zero-order chi connectivity index (χ0) is 30.5. The number of aliphatic hydroxyl groups is 1. The zero-order valence-corrected chi connectivity index (χ0v) is 23.3. The van der Waals surface area contributed by atoms with Crippen molar-refractivity contribution >= 4 is 46.9 Å². The summed E-state index contributed by atoms with van der Waals surface area (Å²) in [6.45, 7) is 1.70. The molecule has 0 spiro atoms. The molecule has 11 nitrogen and oxygen atoms in total. The Morgan fingerprint density at radius 1 is 1.15 bits per heavy atom. The molecule has 6 N–H and O–H groups in total. The third kappa shape index (κ3) is 8.08. The molecule has 0 radical (unpaired) electrons. The summed E-state index contributed by atoms with van der Waals surface area (Å²) in [6, 6.07) is 11.1. The molecule has 16 heteroatoms. The van der Waals surface area contributed by atoms with Gasteiger partial charge < -0.3 is 21.5 Å². The van der Waals surface area contributed by atoms with Gasteiger partial charge in [0.1, 0.15) is 5.84 Å². The van der Waals surface area contributed by atoms with E-state index in [4.69, 9.17) is 34.3 Å². The molecular weight excluding hydrogens is 588 g/mol. The number of aliphatic hydroxyl groups excluding tert-OH is 1. The van der Waals surface area contributed by atoms with Crippen LogP contribution in [0.1, 0.15) is 25.2 Å². The van der Waals surface area contributed by atoms with E-state index in [-0.39, 0.29) is 30.4 Å². The van der Waals surface area contributed by atoms with Crippen LogP contribution in [-0.4, -0.2) is 67.9 Å². The lowest BCUT2D eigenvalue weighted by Gasteiger charge is -2.26. The van der Waals surface area contributed by atoms with E-state index in [9.17, 15) is 27.9 Å². The number of halogens is 5. The summed E-state index contributed by atoms with van der Waals surface area (Å²) in [6.07, 6.45) is -7.95. The molecule has 1 atom stereocenters. The van der Waals surface area contributed by atoms with E-state index in [2.05, 4.69) is 20.7 Å². The molecule has 41 heavy (non-hydrogen) atoms. The van der Waals surface area contributed by atoms with Crippen molar-refractivity contribution < 1.29 is 27.9 Å². The van der Waals surface area contributed by atoms with Gasteiger partial charge in [0.05, 0.1) is 29.2 Å². The van der Waals surface area contributed by atoms with Gasteiger partial charge in [-0.15, -0.1) is 5.10 Å². The number of amides is 3. The summed E-state index contributed by atoms with van der Waals surface area (Å²) >= 11 is 12.2. The van der Waals surface area contributed by atoms with Crippen LogP contribution in [-0.2, 0) is 11.3 Å². The maximum atomic E-state index is 13.1. The van der Waals surface area contributed by atoms with Crippen molar-refractivity contribution in [1.29, 1.82) is 5.41 Å². The molecule has 0 fully saturated rings. The lowest BCUT2D eigenvalue weighted by molar-refractivity contribution is -0.204. The van der Waals surface area contributed by atoms with E-state index in [0.29, 0.717) is 20.6 Å². The number of nitrogens with zero attached hydrogens (tertiary/aromatic N) is 4. The minimum Gasteiger partial charge on any atom is -0.382 e. The Bertz CT molecular complexity index is 1410. The number of carbonyl (C=O) groups excluding carboxylic acids is 2. The van der Waals surface area contributed by atoms with Gasteiger partial charge in [-0.2, -0.15) is 22.8 Å². The van der Waals surface area contributed by atoms with Crippen LogP contribution in [0.4, 0.5) is 23.9 Å². The molecule has 0 bridgehead atoms. The maximum Gasteiger partial charge on any atom is 0.416 e. The molecule has 2 aromatic carbocycles. The molecule has 220 valence electrons. The van der Waals surface area contributed by atoms with Crippen LogP contribution in [0, 0.1) is 10.8 Å². The number of carbonyl (C=O) groups is 2. The van der Waals surface area contributed by atoms with Gasteiger partial charge in [0, 0.05) is 17.1 Å². The highest BCUT2D eigenvalue weighted by atomic mass is 35.5. The number of primary amides is 1. The molecule has 0 saturated heterocycles. The quantitative estimate of drug-likeness (QED) is 0.171. The van der Waals surface area contributed by atoms with Crippen molar-refractivity contribution in [2.45, 2.75) is 32.7 Å². The van der Waals surface area contributed by atoms with Crippen molar-refractivity contribution in [1.82, 2.24) is 25.0 Å². The monoisotopic (exact) mass is 614 g/mol. The van der Waals surface area contributed by atoms with Gasteiger partial charge in [0.15, 0.2) is 11.9 Å². The molecule has 0 unspecified atom stereocenters. The fraction of sp³-hybridized carbons (Fsp3) is 0.320. The Kier molecular flexibility index (Phi) is 9.84. The van der Waals surface area contributed by atoms with Gasteiger partial charge in [-0.05, 0) is 50.2 Å². The number of hydrogen-bond donors (Lipinski definition) is 5. The Balaban J connectivity index is 1.87. The first-order valence-electron chi connectivity index (χ1n) is 12.0. The summed E-state index contributed by atoms with van der Waals surface area (Å²) in [4.78, 5) is 29.6. The molecular formula is C25H27Cl2F3N8O3. The predicted molar refractivity (Wildman–Crippen MR) is 147 cm³/mol. The van der Waals surface area contributed by atoms with Crippen molar-refractivity contribution in [3.05, 3.63) is 70.0 Å². The summed E-state index contributed by atoms with van der Waals surface area (Å²) in [5.41, 5.74) is 4.99. The van der Waals surface area contributed by atoms with Crippen molar-refractivity contribution in [2.75, 3.05) is 18.4 Å². The second kappa shape index (κ2) is 12.7. The van der Waals surface area contributed by atoms with Crippen LogP contribution in [0.15, 0.2) is 48.5 Å². The van der Waals surface area contributed by atoms with Gasteiger partial charge in [-0.25, -0.2) is 4.79 Å². The number of para-hydroxylation sites is 1. The number of amidine groups is 1. The van der Waals surface area contributed by atoms with Crippen LogP contribution in [0.3, 0.4) is 0 Å². The lowest BCUT2D eigenvalue weighted by atomic mass is 9.93. The fourth-order valence-electron chi connectivity index (χ4n) is 3.29. The lowest BCUT2D eigenvalue weighted by Crippen LogP contribution is -2.50. The summed E-state index contributed by atoms with van der Waals surface area (Å²) in [7, 11) is 0. The number of benzene rings is 2. The number of anilines is 1. The molecule has 0 aliphatic carbocycles. The van der Waals surface area contributed by atoms with E-state index in [1.807, 2.05) is 0 Å². The average Bonchev–Trinajstić information content (AvgIpc) is 3.31. The van der Waals surface area contributed by atoms with E-state index in [0.717, 1.165) is 0 Å². The number of nitrogens with one attached hydrogen (secondary N) is 3. The van der Waals surface area contributed by atoms with E-state index < -0.39 is 42.0 Å². The van der Waals surface area contributed by atoms with E-state index in [1.165, 1.54) is 28.9 Å². The number of hydrogen-bond acceptors (Lipinski definition) is 7. The Morgan fingerprint density at radius 2 is 1.78 bits per heavy atom. The molecule has 3 rings (SSSR count). The normalized spacial score (nSPS) is 12.5. The maximum absolute atomic E-state index is 13.1. The molecule has 3 aromatic rings. The first-order valence-corrected chi connectivity index (χ1v) is 12.7. The standard InChI is InChI=1S/C25H27Cl2F3N8O3/c1-24(2,21(32)40)13-34-22-35-19(36-38(22)17-6-4-3-5-16(17)27)11-33-23(41)37(12-18(39)25(28,29)30)20(31)14-7-9-15(26)10-8-14/h3-10,18,31,39H,11-13H2,1-2H3,(H2,32,40)(H,33,41)(H,34,35,36)/t18-/m0/s1. The molecule has 0 aliphatic rings. The van der Waals surface area contributed by atoms with Gasteiger partial charge >= 0.3 is 12.2 Å². The smallest absolute Gasteiger partial charge is 0.382 e. The molecule has 3 amide bonds. The third-order valence-electron chi connectivity index (χ3n) is 5.85. The van der Waals surface area contributed by atoms with Gasteiger partial charge in [0.2, 0.25) is 11.9 Å². The number of nitrogens with two attached hydrogens (primary N) is 1. The molecule has 1 aromatic heterocycles. The van der Waals surface area contributed by atoms with Crippen LogP contribution < -0.4 is 16.4 Å². The van der Waals surface area contributed by atoms with E-state index >= 15 is 0 Å². The van der Waals surface area contributed by atoms with Crippen LogP contribution in [0.2, 0.25) is 10.0 Å². The largest absolute Gasteiger partial charge is 0.416 e. The second-order valence-electron chi connectivity index (χ2n) is 9.50. The molecule has 0 aliphatic heterocycles. The van der Waals surface area contributed by atoms with Crippen LogP contribution >= 0.6 is 23.2 Å². The zero-order valence-electron chi connectivity index (χ0n) is 21.8. The number of alkyl halides is 3. The predicted octanol–water partition coefficient (Wildman–Crippen LogP) is 3.96. The highest BCUT2D eigenvalue weighted by Crippen LogP contribution is 2.24. The van der Waals surface area contributed by atoms with Gasteiger partial charge in [0.25, 0.3) is 0 Å². The average molecular weight is 615 g/mol. The molecule has 0 saturated carbocycles. The summed E-state index contributed by atoms with van der Waals surface area (Å²) in [5.74, 6) is -0.999. The first kappa shape index (κ1) is 31.6. The highest BCUT2D eigenvalue weighted by Gasteiger charge is 2.41. The number of aromatic nitrogens is 3. The minimum absolute atomic E-state index is 0.0204. The Morgan fingerprint density at radius 3 is 2.37 bits per heavy atom. The number of urea groups is 1. The van der Waals surface area contributed by atoms with E-state index in [1.54, 1.807) is 38.1 Å². The molecule has 1 heterocycles. The SMILES string of the molecule is CC(C)(CNc1nc(CNC(=O)N(C[C@H](O)C(F)(F)F)C(=N)c2ccc(Cl)cc2)nn1-c1ccccc1Cl)C(N)=O. The fourth-order valence-corrected chi connectivity index (χ4v) is 3.63. The first-order chi connectivity index (χ1) is 19.1. The third-order valence-corrected chi connectivity index (χ3v) is 6.42. The summed E-state index contributed by atoms with van der Waals surface area (Å²) in [5, 5.41) is 28.3. The highest BCUT2D eigenvalue weighted by molar-refractivity contribution is 6.32. The van der Waals surface area contributed by atoms with Crippen molar-refractivity contribution in [3.63, 3.8) is 0 Å². The Hall–Kier alpha value is -3.88. The van der Waals surface area contributed by atoms with Crippen LogP contribution in [0.25, 0.3) is 5.69 Å². The Labute approximate surface area is 242 Å².